The number of alkyl halides is 3. The molecule has 0 aromatic heterocycles. The van der Waals surface area contributed by atoms with Crippen molar-refractivity contribution in [2.75, 3.05) is 31.4 Å². The third kappa shape index (κ3) is 13.0. The zero-order chi connectivity index (χ0) is 38.6. The van der Waals surface area contributed by atoms with Crippen molar-refractivity contribution < 1.29 is 65.3 Å². The number of hydrogen-bond acceptors (Lipinski definition) is 11. The first-order valence-corrected chi connectivity index (χ1v) is 16.5. The maximum Gasteiger partial charge on any atom is 0.522 e. The molecule has 0 aliphatic carbocycles. The molecule has 1 heterocycles. The topological polar surface area (TPSA) is 227 Å². The minimum Gasteiger partial charge on any atom is -0.506 e. The van der Waals surface area contributed by atoms with Crippen molar-refractivity contribution in [1.29, 1.82) is 0 Å². The lowest BCUT2D eigenvalue weighted by molar-refractivity contribution is -0.112. The smallest absolute Gasteiger partial charge is 0.506 e. The number of nitrogens with one attached hydrogen (secondary N) is 2. The Morgan fingerprint density at radius 3 is 2.30 bits per heavy atom. The Balaban J connectivity index is 0.00000139. The van der Waals surface area contributed by atoms with E-state index in [1.54, 1.807) is 38.2 Å². The summed E-state index contributed by atoms with van der Waals surface area (Å²) in [7, 11) is -2.89. The number of hydrogen-bond donors (Lipinski definition) is 7. The van der Waals surface area contributed by atoms with Gasteiger partial charge in [-0.2, -0.15) is 21.6 Å². The van der Waals surface area contributed by atoms with Crippen LogP contribution in [0.4, 0.5) is 29.3 Å². The number of amides is 2. The van der Waals surface area contributed by atoms with Crippen LogP contribution in [-0.2, 0) is 35.5 Å². The summed E-state index contributed by atoms with van der Waals surface area (Å²) in [5.74, 6) is -1.41. The molecule has 1 aliphatic heterocycles. The number of ether oxygens (including phenoxy) is 3. The van der Waals surface area contributed by atoms with Gasteiger partial charge in [0.25, 0.3) is 5.91 Å². The van der Waals surface area contributed by atoms with Gasteiger partial charge in [0.15, 0.2) is 6.10 Å². The fourth-order valence-electron chi connectivity index (χ4n) is 4.98. The molecular weight excluding hydrogens is 691 g/mol. The number of aliphatic hydroxyl groups excluding tert-OH is 1. The van der Waals surface area contributed by atoms with Gasteiger partial charge in [0, 0.05) is 43.9 Å². The maximum absolute atomic E-state index is 13.0. The van der Waals surface area contributed by atoms with Crippen LogP contribution in [0, 0.1) is 11.8 Å². The van der Waals surface area contributed by atoms with Gasteiger partial charge < -0.3 is 45.9 Å². The van der Waals surface area contributed by atoms with E-state index in [1.807, 2.05) is 13.8 Å². The summed E-state index contributed by atoms with van der Waals surface area (Å²) in [6.07, 6.45) is 4.64. The second-order valence-electron chi connectivity index (χ2n) is 11.6. The molecule has 2 bridgehead atoms. The van der Waals surface area contributed by atoms with Crippen molar-refractivity contribution in [1.82, 2.24) is 0 Å². The summed E-state index contributed by atoms with van der Waals surface area (Å²) in [6.45, 7) is 11.1. The van der Waals surface area contributed by atoms with Crippen LogP contribution < -0.4 is 16.4 Å². The van der Waals surface area contributed by atoms with Crippen molar-refractivity contribution in [3.63, 3.8) is 0 Å². The van der Waals surface area contributed by atoms with Crippen LogP contribution in [0.2, 0.25) is 0 Å². The lowest BCUT2D eigenvalue weighted by atomic mass is 9.87. The molecule has 2 amide bonds. The highest BCUT2D eigenvalue weighted by molar-refractivity contribution is 7.86. The molecule has 0 radical (unpaired) electrons. The average Bonchev–Trinajstić information content (AvgIpc) is 3.01. The maximum atomic E-state index is 13.0. The van der Waals surface area contributed by atoms with E-state index < -0.39 is 58.0 Å². The van der Waals surface area contributed by atoms with Gasteiger partial charge in [-0.25, -0.2) is 4.79 Å². The highest BCUT2D eigenvalue weighted by Gasteiger charge is 2.44. The summed E-state index contributed by atoms with van der Waals surface area (Å²) in [4.78, 5) is 24.7. The first kappa shape index (κ1) is 43.9. The van der Waals surface area contributed by atoms with E-state index in [9.17, 15) is 38.1 Å². The molecule has 0 spiro atoms. The fourth-order valence-corrected chi connectivity index (χ4v) is 4.98. The number of halogens is 3. The van der Waals surface area contributed by atoms with Gasteiger partial charge in [0.05, 0.1) is 23.6 Å². The number of primary amides is 1. The first-order chi connectivity index (χ1) is 23.1. The molecule has 1 aromatic rings. The van der Waals surface area contributed by atoms with Crippen LogP contribution in [-0.4, -0.2) is 91.0 Å². The molecule has 50 heavy (non-hydrogen) atoms. The van der Waals surface area contributed by atoms with E-state index in [0.717, 1.165) is 0 Å². The number of nitrogens with two attached hydrogens (primary N) is 1. The number of methoxy groups -OCH3 is 2. The number of rotatable bonds is 6. The van der Waals surface area contributed by atoms with Gasteiger partial charge in [0.2, 0.25) is 0 Å². The fraction of sp³-hybridized carbons (Fsp3) is 0.500. The minimum atomic E-state index is -5.84. The predicted octanol–water partition coefficient (Wildman–Crippen LogP) is 4.55. The van der Waals surface area contributed by atoms with Crippen molar-refractivity contribution in [2.24, 2.45) is 17.6 Å². The first-order valence-electron chi connectivity index (χ1n) is 15.1. The van der Waals surface area contributed by atoms with E-state index in [4.69, 9.17) is 32.9 Å². The number of aliphatic hydroxyl groups is 1. The van der Waals surface area contributed by atoms with Gasteiger partial charge in [-0.05, 0) is 38.2 Å². The molecule has 14 nitrogen and oxygen atoms in total. The number of phenolic OH excluding ortho intramolecular Hbond substituents is 2. The quantitative estimate of drug-likeness (QED) is 0.0702. The lowest BCUT2D eigenvalue weighted by Gasteiger charge is -2.29. The molecule has 0 saturated carbocycles. The average molecular weight is 738 g/mol. The van der Waals surface area contributed by atoms with Crippen LogP contribution in [0.3, 0.4) is 0 Å². The Hall–Kier alpha value is -4.10. The van der Waals surface area contributed by atoms with Gasteiger partial charge >= 0.3 is 21.7 Å². The number of carbonyl (C=O) groups is 2. The summed E-state index contributed by atoms with van der Waals surface area (Å²) < 4.78 is 74.2. The van der Waals surface area contributed by atoms with Crippen molar-refractivity contribution >= 4 is 33.5 Å². The number of anilines is 2. The Morgan fingerprint density at radius 1 is 1.20 bits per heavy atom. The molecule has 0 unspecified atom stereocenters. The number of carbonyl (C=O) groups excluding carboxylic acids is 2. The highest BCUT2D eigenvalue weighted by atomic mass is 32.2. The summed E-state index contributed by atoms with van der Waals surface area (Å²) >= 11 is 0. The van der Waals surface area contributed by atoms with E-state index in [2.05, 4.69) is 17.2 Å². The van der Waals surface area contributed by atoms with Crippen molar-refractivity contribution in [3.05, 3.63) is 59.7 Å². The molecular formula is C32H46F3N3O11S. The molecule has 282 valence electrons. The van der Waals surface area contributed by atoms with Gasteiger partial charge in [-0.1, -0.05) is 44.2 Å². The molecule has 2 rings (SSSR count). The normalized spacial score (nSPS) is 26.8. The SMILES string of the molecule is C=CCNc1c(O)cc2c(O)c1C[C@@H](C)C[C@H](OC)[C@H](O)[C@@H](C)/C=C(\C)[C@H](OC(N)=O)[C@@H](OC)/C=C\C=C(/C)C(=O)N2.O=S(=O)(O)C(F)(F)F. The number of phenols is 2. The Morgan fingerprint density at radius 2 is 1.80 bits per heavy atom. The monoisotopic (exact) mass is 737 g/mol. The molecule has 0 saturated heterocycles. The van der Waals surface area contributed by atoms with E-state index >= 15 is 0 Å². The third-order valence-electron chi connectivity index (χ3n) is 7.55. The zero-order valence-electron chi connectivity index (χ0n) is 28.5. The Labute approximate surface area is 289 Å². The van der Waals surface area contributed by atoms with Gasteiger partial charge in [0.1, 0.15) is 17.6 Å². The second kappa shape index (κ2) is 19.3. The van der Waals surface area contributed by atoms with E-state index in [0.29, 0.717) is 41.8 Å². The Kier molecular flexibility index (Phi) is 17.0. The molecule has 0 fully saturated rings. The summed E-state index contributed by atoms with van der Waals surface area (Å²) in [5.41, 5.74) is 1.48. The summed E-state index contributed by atoms with van der Waals surface area (Å²) in [5, 5.41) is 39.1. The molecule has 1 aromatic carbocycles. The zero-order valence-corrected chi connectivity index (χ0v) is 29.3. The van der Waals surface area contributed by atoms with Crippen LogP contribution >= 0.6 is 0 Å². The largest absolute Gasteiger partial charge is 0.522 e. The third-order valence-corrected chi connectivity index (χ3v) is 8.13. The van der Waals surface area contributed by atoms with Gasteiger partial charge in [-0.3, -0.25) is 9.35 Å². The van der Waals surface area contributed by atoms with Gasteiger partial charge in [-0.15, -0.1) is 6.58 Å². The molecule has 6 atom stereocenters. The minimum absolute atomic E-state index is 0.0416. The van der Waals surface area contributed by atoms with Crippen molar-refractivity contribution in [2.45, 2.75) is 70.5 Å². The second-order valence-corrected chi connectivity index (χ2v) is 13.0. The van der Waals surface area contributed by atoms with Crippen molar-refractivity contribution in [3.8, 4) is 11.5 Å². The van der Waals surface area contributed by atoms with Crippen LogP contribution in [0.25, 0.3) is 0 Å². The van der Waals surface area contributed by atoms with E-state index in [1.165, 1.54) is 26.4 Å². The van der Waals surface area contributed by atoms with Crippen LogP contribution in [0.5, 0.6) is 11.5 Å². The number of fused-ring (bicyclic) bond motifs is 2. The molecule has 1 aliphatic rings. The molecule has 18 heteroatoms. The number of benzene rings is 1. The highest BCUT2D eigenvalue weighted by Crippen LogP contribution is 2.42. The standard InChI is InChI=1S/C31H45N3O8.CHF3O3S/c1-8-12-33-26-21-13-17(2)14-25(41-7)27(36)19(4)15-20(5)29(42-31(32)39)24(40-6)11-9-10-18(3)30(38)34-22(28(21)37)16-23(26)35;2-1(3,4)8(5,6)7/h8-11,15-17,19,24-25,27,29,33,35-37H,1,12-14H2,2-7H3,(H2,32,39)(H,34,38);(H,5,6,7)/b11-9-,18-10+,20-15+;/t17-,19+,24+,25+,27-,29+;/m1./s1. The lowest BCUT2D eigenvalue weighted by Crippen LogP contribution is -2.37. The Bertz CT molecular complexity index is 1550. The predicted molar refractivity (Wildman–Crippen MR) is 180 cm³/mol. The number of aromatic hydroxyl groups is 2. The molecule has 8 N–H and O–H groups in total. The number of allylic oxidation sites excluding steroid dienone is 2. The van der Waals surface area contributed by atoms with Crippen LogP contribution in [0.1, 0.15) is 39.7 Å². The van der Waals surface area contributed by atoms with Crippen LogP contribution in [0.15, 0.2) is 54.2 Å². The van der Waals surface area contributed by atoms with E-state index in [-0.39, 0.29) is 23.1 Å². The summed E-state index contributed by atoms with van der Waals surface area (Å²) in [6, 6.07) is 1.28.